The van der Waals surface area contributed by atoms with Crippen LogP contribution in [0.4, 0.5) is 8.78 Å². The Labute approximate surface area is 201 Å². The van der Waals surface area contributed by atoms with E-state index in [4.69, 9.17) is 20.0 Å². The van der Waals surface area contributed by atoms with Crippen LogP contribution in [0.1, 0.15) is 63.6 Å². The molecule has 0 radical (unpaired) electrons. The summed E-state index contributed by atoms with van der Waals surface area (Å²) in [6.45, 7) is 14.7. The summed E-state index contributed by atoms with van der Waals surface area (Å²) in [4.78, 5) is 12.8. The Bertz CT molecular complexity index is 940. The number of fused-ring (bicyclic) bond motifs is 1. The van der Waals surface area contributed by atoms with E-state index in [1.54, 1.807) is 32.0 Å². The monoisotopic (exact) mass is 482 g/mol. The van der Waals surface area contributed by atoms with Gasteiger partial charge in [-0.1, -0.05) is 40.7 Å². The van der Waals surface area contributed by atoms with Gasteiger partial charge in [-0.15, -0.1) is 6.58 Å². The fraction of sp³-hybridized carbons (Fsp3) is 0.577. The lowest BCUT2D eigenvalue weighted by atomic mass is 10.1. The van der Waals surface area contributed by atoms with Gasteiger partial charge in [0.05, 0.1) is 31.4 Å². The molecule has 1 aromatic heterocycles. The Kier molecular flexibility index (Phi) is 11.2. The number of nitrogens with one attached hydrogen (secondary N) is 1. The number of furan rings is 1. The molecule has 3 rings (SSSR count). The molecule has 1 saturated carbocycles. The molecule has 1 fully saturated rings. The van der Waals surface area contributed by atoms with Crippen molar-refractivity contribution < 1.29 is 27.8 Å². The van der Waals surface area contributed by atoms with Crippen molar-refractivity contribution in [3.05, 3.63) is 42.2 Å². The van der Waals surface area contributed by atoms with Gasteiger partial charge in [0.2, 0.25) is 0 Å². The largest absolute Gasteiger partial charge is 0.493 e. The number of amides is 1. The van der Waals surface area contributed by atoms with Crippen molar-refractivity contribution >= 4 is 16.9 Å². The number of alkyl halides is 2. The van der Waals surface area contributed by atoms with Gasteiger partial charge in [-0.3, -0.25) is 4.79 Å². The zero-order valence-electron chi connectivity index (χ0n) is 21.2. The molecule has 2 aromatic rings. The number of ether oxygens (including phenoxy) is 1. The van der Waals surface area contributed by atoms with Gasteiger partial charge in [0.25, 0.3) is 11.8 Å². The molecular formula is C26H40F2N2O4. The van der Waals surface area contributed by atoms with Crippen molar-refractivity contribution in [2.45, 2.75) is 66.3 Å². The molecule has 1 heterocycles. The smallest absolute Gasteiger partial charge is 0.279 e. The zero-order chi connectivity index (χ0) is 26.1. The van der Waals surface area contributed by atoms with E-state index < -0.39 is 24.4 Å². The fourth-order valence-corrected chi connectivity index (χ4v) is 3.51. The fourth-order valence-electron chi connectivity index (χ4n) is 3.51. The third kappa shape index (κ3) is 7.53. The lowest BCUT2D eigenvalue weighted by molar-refractivity contribution is -0.0272. The van der Waals surface area contributed by atoms with Crippen molar-refractivity contribution in [2.24, 2.45) is 17.1 Å². The number of halogens is 2. The number of hydrogen-bond donors (Lipinski definition) is 3. The second-order valence-corrected chi connectivity index (χ2v) is 8.76. The maximum absolute atomic E-state index is 14.0. The van der Waals surface area contributed by atoms with Gasteiger partial charge in [-0.05, 0) is 49.3 Å². The number of carbonyl (C=O) groups excluding carboxylic acids is 1. The number of nitrogens with two attached hydrogens (primary N) is 1. The number of aliphatic hydroxyl groups is 1. The van der Waals surface area contributed by atoms with Crippen LogP contribution >= 0.6 is 0 Å². The second-order valence-electron chi connectivity index (χ2n) is 8.76. The molecular weight excluding hydrogens is 442 g/mol. The second kappa shape index (κ2) is 12.9. The van der Waals surface area contributed by atoms with Crippen molar-refractivity contribution in [3.63, 3.8) is 0 Å². The lowest BCUT2D eigenvalue weighted by Crippen LogP contribution is -2.51. The molecule has 8 heteroatoms. The van der Waals surface area contributed by atoms with Crippen molar-refractivity contribution in [1.29, 1.82) is 0 Å². The Morgan fingerprint density at radius 2 is 2.03 bits per heavy atom. The zero-order valence-corrected chi connectivity index (χ0v) is 21.2. The molecule has 2 atom stereocenters. The third-order valence-corrected chi connectivity index (χ3v) is 5.86. The van der Waals surface area contributed by atoms with E-state index in [2.05, 4.69) is 25.7 Å². The van der Waals surface area contributed by atoms with E-state index in [0.29, 0.717) is 40.4 Å². The van der Waals surface area contributed by atoms with Crippen molar-refractivity contribution in [1.82, 2.24) is 5.32 Å². The summed E-state index contributed by atoms with van der Waals surface area (Å²) in [5.41, 5.74) is 6.24. The predicted octanol–water partition coefficient (Wildman–Crippen LogP) is 5.46. The summed E-state index contributed by atoms with van der Waals surface area (Å²) in [7, 11) is 0. The molecule has 0 spiro atoms. The first-order valence-electron chi connectivity index (χ1n) is 11.8. The highest BCUT2D eigenvalue weighted by molar-refractivity contribution is 6.07. The molecule has 1 amide bonds. The van der Waals surface area contributed by atoms with E-state index in [9.17, 15) is 13.6 Å². The molecule has 1 aromatic carbocycles. The normalized spacial score (nSPS) is 16.9. The van der Waals surface area contributed by atoms with Crippen LogP contribution in [-0.4, -0.2) is 42.7 Å². The van der Waals surface area contributed by atoms with Crippen LogP contribution in [-0.2, 0) is 0 Å². The lowest BCUT2D eigenvalue weighted by Gasteiger charge is -2.25. The van der Waals surface area contributed by atoms with E-state index in [1.807, 2.05) is 13.8 Å². The number of hydrogen-bond acceptors (Lipinski definition) is 5. The first-order valence-corrected chi connectivity index (χ1v) is 11.8. The van der Waals surface area contributed by atoms with Gasteiger partial charge in [0.15, 0.2) is 0 Å². The van der Waals surface area contributed by atoms with Crippen LogP contribution in [0.2, 0.25) is 0 Å². The van der Waals surface area contributed by atoms with Crippen LogP contribution in [0.3, 0.4) is 0 Å². The predicted molar refractivity (Wildman–Crippen MR) is 133 cm³/mol. The van der Waals surface area contributed by atoms with Gasteiger partial charge in [-0.2, -0.15) is 0 Å². The van der Waals surface area contributed by atoms with Gasteiger partial charge in [0, 0.05) is 5.39 Å². The van der Waals surface area contributed by atoms with Crippen LogP contribution in [0.15, 0.2) is 35.3 Å². The van der Waals surface area contributed by atoms with E-state index in [1.165, 1.54) is 6.08 Å². The Hall–Kier alpha value is -2.45. The van der Waals surface area contributed by atoms with E-state index in [-0.39, 0.29) is 18.6 Å². The summed E-state index contributed by atoms with van der Waals surface area (Å²) in [6.07, 6.45) is 2.62. The minimum atomic E-state index is -3.18. The van der Waals surface area contributed by atoms with Gasteiger partial charge < -0.3 is 25.3 Å². The average molecular weight is 483 g/mol. The van der Waals surface area contributed by atoms with Crippen molar-refractivity contribution in [2.75, 3.05) is 19.8 Å². The number of aryl methyl sites for hydroxylation is 1. The highest BCUT2D eigenvalue weighted by Gasteiger charge is 2.46. The number of benzene rings is 1. The maximum Gasteiger partial charge on any atom is 0.279 e. The maximum atomic E-state index is 14.0. The Balaban J connectivity index is 0.000000872. The SMILES string of the molecule is C=CCO.CC.CCC(NC(=O)c1c(C)oc2ccc(OCC3CC3(C)C)cc12)C(F)(F)CN. The highest BCUT2D eigenvalue weighted by atomic mass is 19.3. The van der Waals surface area contributed by atoms with Crippen molar-refractivity contribution in [3.8, 4) is 5.75 Å². The number of aliphatic hydroxyl groups excluding tert-OH is 1. The molecule has 1 aliphatic rings. The van der Waals surface area contributed by atoms with Gasteiger partial charge >= 0.3 is 0 Å². The van der Waals surface area contributed by atoms with E-state index in [0.717, 1.165) is 6.42 Å². The van der Waals surface area contributed by atoms with Crippen LogP contribution in [0, 0.1) is 18.3 Å². The first-order chi connectivity index (χ1) is 16.0. The van der Waals surface area contributed by atoms with Gasteiger partial charge in [0.1, 0.15) is 17.1 Å². The first kappa shape index (κ1) is 29.6. The molecule has 6 nitrogen and oxygen atoms in total. The summed E-state index contributed by atoms with van der Waals surface area (Å²) >= 11 is 0. The highest BCUT2D eigenvalue weighted by Crippen LogP contribution is 2.51. The molecule has 0 aliphatic heterocycles. The molecule has 4 N–H and O–H groups in total. The standard InChI is InChI=1S/C21H28F2N2O3.C3H6O.C2H6/c1-5-17(21(22,23)11-24)25-19(26)18-12(2)28-16-7-6-14(8-15(16)18)27-10-13-9-20(13,3)4;1-2-3-4;1-2/h6-8,13,17H,5,9-11,24H2,1-4H3,(H,25,26);2,4H,1,3H2;1-2H3. The van der Waals surface area contributed by atoms with Crippen LogP contribution in [0.25, 0.3) is 11.0 Å². The van der Waals surface area contributed by atoms with Gasteiger partial charge in [-0.25, -0.2) is 8.78 Å². The summed E-state index contributed by atoms with van der Waals surface area (Å²) < 4.78 is 39.4. The quantitative estimate of drug-likeness (QED) is 0.412. The molecule has 2 unspecified atom stereocenters. The third-order valence-electron chi connectivity index (χ3n) is 5.86. The topological polar surface area (TPSA) is 97.7 Å². The van der Waals surface area contributed by atoms with E-state index >= 15 is 0 Å². The number of carbonyl (C=O) groups is 1. The van der Waals surface area contributed by atoms with Crippen LogP contribution in [0.5, 0.6) is 5.75 Å². The summed E-state index contributed by atoms with van der Waals surface area (Å²) in [5.74, 6) is -2.26. The minimum absolute atomic E-state index is 0.0658. The molecule has 1 aliphatic carbocycles. The minimum Gasteiger partial charge on any atom is -0.493 e. The molecule has 0 bridgehead atoms. The molecule has 192 valence electrons. The summed E-state index contributed by atoms with van der Waals surface area (Å²) in [6, 6.07) is 3.92. The molecule has 34 heavy (non-hydrogen) atoms. The number of rotatable bonds is 9. The van der Waals surface area contributed by atoms with Crippen LogP contribution < -0.4 is 15.8 Å². The summed E-state index contributed by atoms with van der Waals surface area (Å²) in [5, 5.41) is 10.7. The Morgan fingerprint density at radius 3 is 2.50 bits per heavy atom. The molecule has 0 saturated heterocycles. The Morgan fingerprint density at radius 1 is 1.44 bits per heavy atom. The average Bonchev–Trinajstić information content (AvgIpc) is 3.30.